The maximum Gasteiger partial charge on any atom is 0.136 e. The fourth-order valence-corrected chi connectivity index (χ4v) is 16.5. The maximum absolute atomic E-state index is 6.29. The van der Waals surface area contributed by atoms with Crippen LogP contribution in [0.1, 0.15) is 49.9 Å². The third-order valence-corrected chi connectivity index (χ3v) is 21.5. The molecule has 3 aromatic heterocycles. The lowest BCUT2D eigenvalue weighted by Gasteiger charge is -2.26. The Morgan fingerprint density at radius 3 is 1.30 bits per heavy atom. The minimum absolute atomic E-state index is 0.0625. The first-order valence-corrected chi connectivity index (χ1v) is 33.8. The SMILES string of the molecule is CC1(C)c2ccccc2-c2ccc(-c3ccc(-c4ccc5c(c4)c4cc(-c6ccc(-c7ccc8c(c7)C(C)(C)c7ccccc7-8)cc6)ccc4n5-c4ccc(-c5ccc(N(c6ccccc6)c6ccc(-c7ccc8c(c7)oc7ccccc78)cc6)c6nsnc56)cc4)cc3)cc21. The summed E-state index contributed by atoms with van der Waals surface area (Å²) in [7, 11) is 0. The van der Waals surface area contributed by atoms with Crippen molar-refractivity contribution in [2.45, 2.75) is 38.5 Å². The van der Waals surface area contributed by atoms with E-state index in [1.54, 1.807) is 0 Å². The Bertz CT molecular complexity index is 5780. The lowest BCUT2D eigenvalue weighted by atomic mass is 9.81. The number of hydrogen-bond acceptors (Lipinski definition) is 5. The van der Waals surface area contributed by atoms with Crippen LogP contribution in [0.2, 0.25) is 0 Å². The number of fused-ring (bicyclic) bond motifs is 13. The molecule has 0 unspecified atom stereocenters. The monoisotopic (exact) mass is 1250 g/mol. The van der Waals surface area contributed by atoms with E-state index >= 15 is 0 Å². The fraction of sp³-hybridized carbons (Fsp3) is 0.0667. The van der Waals surface area contributed by atoms with E-state index in [9.17, 15) is 0 Å². The molecule has 17 aromatic rings. The molecule has 0 saturated carbocycles. The van der Waals surface area contributed by atoms with E-state index in [0.717, 1.165) is 89.0 Å². The Kier molecular flexibility index (Phi) is 12.5. The predicted molar refractivity (Wildman–Crippen MR) is 401 cm³/mol. The van der Waals surface area contributed by atoms with Crippen LogP contribution in [-0.2, 0) is 10.8 Å². The van der Waals surface area contributed by atoms with Gasteiger partial charge in [-0.2, -0.15) is 8.75 Å². The number of rotatable bonds is 10. The molecule has 454 valence electrons. The molecule has 3 heterocycles. The molecular formula is C90H62N4OS. The van der Waals surface area contributed by atoms with Crippen molar-refractivity contribution in [1.29, 1.82) is 0 Å². The molecule has 0 spiro atoms. The number of furan rings is 1. The summed E-state index contributed by atoms with van der Waals surface area (Å²) in [4.78, 5) is 2.29. The zero-order valence-electron chi connectivity index (χ0n) is 53.5. The van der Waals surface area contributed by atoms with Crippen LogP contribution in [-0.4, -0.2) is 13.3 Å². The van der Waals surface area contributed by atoms with Crippen LogP contribution >= 0.6 is 11.7 Å². The molecule has 96 heavy (non-hydrogen) atoms. The average Bonchev–Trinajstić information content (AvgIpc) is 1.59. The summed E-state index contributed by atoms with van der Waals surface area (Å²) >= 11 is 1.25. The highest BCUT2D eigenvalue weighted by molar-refractivity contribution is 7.00. The van der Waals surface area contributed by atoms with E-state index in [4.69, 9.17) is 13.2 Å². The molecule has 19 rings (SSSR count). The molecule has 2 aliphatic carbocycles. The Labute approximate surface area is 561 Å². The third kappa shape index (κ3) is 8.75. The molecule has 0 radical (unpaired) electrons. The Morgan fingerprint density at radius 2 is 0.719 bits per heavy atom. The highest BCUT2D eigenvalue weighted by Crippen LogP contribution is 2.52. The first-order chi connectivity index (χ1) is 47.1. The van der Waals surface area contributed by atoms with Crippen LogP contribution in [0, 0.1) is 0 Å². The van der Waals surface area contributed by atoms with Crippen molar-refractivity contribution in [2.24, 2.45) is 0 Å². The molecule has 5 nitrogen and oxygen atoms in total. The van der Waals surface area contributed by atoms with Crippen LogP contribution < -0.4 is 4.90 Å². The number of para-hydroxylation sites is 2. The van der Waals surface area contributed by atoms with Gasteiger partial charge in [0, 0.05) is 55.0 Å². The summed E-state index contributed by atoms with van der Waals surface area (Å²) in [6.45, 7) is 9.41. The van der Waals surface area contributed by atoms with Gasteiger partial charge in [0.2, 0.25) is 0 Å². The van der Waals surface area contributed by atoms with Crippen LogP contribution in [0.5, 0.6) is 0 Å². The Hall–Kier alpha value is -11.7. The molecule has 14 aromatic carbocycles. The second-order valence-electron chi connectivity index (χ2n) is 27.0. The molecule has 0 fully saturated rings. The fourth-order valence-electron chi connectivity index (χ4n) is 15.9. The molecule has 0 amide bonds. The molecule has 2 aliphatic rings. The number of aromatic nitrogens is 3. The van der Waals surface area contributed by atoms with Gasteiger partial charge in [-0.3, -0.25) is 0 Å². The van der Waals surface area contributed by atoms with Crippen molar-refractivity contribution in [3.05, 3.63) is 326 Å². The number of benzene rings is 14. The highest BCUT2D eigenvalue weighted by atomic mass is 32.1. The summed E-state index contributed by atoms with van der Waals surface area (Å²) in [6, 6.07) is 112. The molecule has 6 heteroatoms. The average molecular weight is 1250 g/mol. The second-order valence-corrected chi connectivity index (χ2v) is 27.5. The molecule has 0 aliphatic heterocycles. The van der Waals surface area contributed by atoms with Crippen molar-refractivity contribution in [3.8, 4) is 94.7 Å². The van der Waals surface area contributed by atoms with Gasteiger partial charge in [0.25, 0.3) is 0 Å². The molecular weight excluding hydrogens is 1190 g/mol. The minimum Gasteiger partial charge on any atom is -0.456 e. The van der Waals surface area contributed by atoms with Gasteiger partial charge in [-0.05, 0) is 209 Å². The van der Waals surface area contributed by atoms with Crippen LogP contribution in [0.15, 0.2) is 308 Å². The first kappa shape index (κ1) is 55.9. The van der Waals surface area contributed by atoms with Crippen molar-refractivity contribution in [1.82, 2.24) is 13.3 Å². The van der Waals surface area contributed by atoms with Gasteiger partial charge in [0.1, 0.15) is 22.2 Å². The minimum atomic E-state index is -0.0625. The lowest BCUT2D eigenvalue weighted by Crippen LogP contribution is -2.14. The molecule has 0 atom stereocenters. The van der Waals surface area contributed by atoms with Crippen molar-refractivity contribution < 1.29 is 4.42 Å². The van der Waals surface area contributed by atoms with Crippen LogP contribution in [0.3, 0.4) is 0 Å². The van der Waals surface area contributed by atoms with Gasteiger partial charge in [-0.25, -0.2) is 0 Å². The van der Waals surface area contributed by atoms with E-state index in [1.165, 1.54) is 112 Å². The number of nitrogens with zero attached hydrogens (tertiary/aromatic N) is 4. The first-order valence-electron chi connectivity index (χ1n) is 33.1. The van der Waals surface area contributed by atoms with E-state index < -0.39 is 0 Å². The van der Waals surface area contributed by atoms with Crippen molar-refractivity contribution in [3.63, 3.8) is 0 Å². The summed E-state index contributed by atoms with van der Waals surface area (Å²) in [5, 5.41) is 4.65. The van der Waals surface area contributed by atoms with Gasteiger partial charge in [0.05, 0.1) is 28.4 Å². The normalized spacial score (nSPS) is 13.4. The second kappa shape index (κ2) is 21.4. The number of anilines is 3. The largest absolute Gasteiger partial charge is 0.456 e. The topological polar surface area (TPSA) is 47.1 Å². The highest BCUT2D eigenvalue weighted by Gasteiger charge is 2.37. The molecule has 0 N–H and O–H groups in total. The summed E-state index contributed by atoms with van der Waals surface area (Å²) < 4.78 is 18.8. The number of hydrogen-bond donors (Lipinski definition) is 0. The third-order valence-electron chi connectivity index (χ3n) is 21.0. The Morgan fingerprint density at radius 1 is 0.302 bits per heavy atom. The van der Waals surface area contributed by atoms with E-state index in [1.807, 2.05) is 12.1 Å². The van der Waals surface area contributed by atoms with Crippen molar-refractivity contribution in [2.75, 3.05) is 4.90 Å². The molecule has 0 saturated heterocycles. The summed E-state index contributed by atoms with van der Waals surface area (Å²) in [5.41, 5.74) is 34.6. The van der Waals surface area contributed by atoms with E-state index in [-0.39, 0.29) is 10.8 Å². The smallest absolute Gasteiger partial charge is 0.136 e. The predicted octanol–water partition coefficient (Wildman–Crippen LogP) is 24.8. The van der Waals surface area contributed by atoms with Gasteiger partial charge in [-0.15, -0.1) is 0 Å². The lowest BCUT2D eigenvalue weighted by molar-refractivity contribution is 0.660. The van der Waals surface area contributed by atoms with Gasteiger partial charge < -0.3 is 13.9 Å². The van der Waals surface area contributed by atoms with Crippen LogP contribution in [0.25, 0.3) is 149 Å². The zero-order valence-corrected chi connectivity index (χ0v) is 54.3. The maximum atomic E-state index is 6.29. The van der Waals surface area contributed by atoms with Gasteiger partial charge in [-0.1, -0.05) is 228 Å². The Balaban J connectivity index is 0.668. The standard InChI is InChI=1S/C90H62N4OS/c1-89(2)78-19-11-8-16-70(78)72-43-34-63(52-80(72)89)57-26-22-55(23-27-57)61-37-47-82-76(50-61)77-51-62(56-24-28-58(29-25-56)64-35-44-73-71-17-9-12-20-79(71)90(3,4)81(73)53-64)38-48-83(77)94(82)68-41-32-60(33-42-68)69-46-49-84(88-87(69)91-96-92-88)93(66-14-6-5-7-15-66)67-39-30-59(31-40-67)65-36-45-75-74-18-10-13-21-85(74)95-86(75)54-65/h5-54H,1-4H3. The van der Waals surface area contributed by atoms with Gasteiger partial charge in [0.15, 0.2) is 0 Å². The van der Waals surface area contributed by atoms with Crippen LogP contribution in [0.4, 0.5) is 17.1 Å². The molecule has 0 bridgehead atoms. The summed E-state index contributed by atoms with van der Waals surface area (Å²) in [6.07, 6.45) is 0. The van der Waals surface area contributed by atoms with E-state index in [2.05, 4.69) is 328 Å². The van der Waals surface area contributed by atoms with E-state index in [0.29, 0.717) is 0 Å². The van der Waals surface area contributed by atoms with Crippen molar-refractivity contribution >= 4 is 83.6 Å². The zero-order chi connectivity index (χ0) is 64.0. The quantitative estimate of drug-likeness (QED) is 0.137. The summed E-state index contributed by atoms with van der Waals surface area (Å²) in [5.74, 6) is 0. The van der Waals surface area contributed by atoms with Gasteiger partial charge >= 0.3 is 0 Å².